The van der Waals surface area contributed by atoms with E-state index in [4.69, 9.17) is 9.84 Å². The zero-order chi connectivity index (χ0) is 17.6. The van der Waals surface area contributed by atoms with Gasteiger partial charge >= 0.3 is 5.97 Å². The molecule has 0 aliphatic rings. The van der Waals surface area contributed by atoms with Gasteiger partial charge in [0.15, 0.2) is 5.13 Å². The van der Waals surface area contributed by atoms with Crippen molar-refractivity contribution in [3.63, 3.8) is 0 Å². The molecular weight excluding hydrogens is 336 g/mol. The van der Waals surface area contributed by atoms with Gasteiger partial charge in [-0.3, -0.25) is 4.79 Å². The van der Waals surface area contributed by atoms with Gasteiger partial charge in [0.05, 0.1) is 19.2 Å². The van der Waals surface area contributed by atoms with E-state index in [1.807, 2.05) is 54.6 Å². The second kappa shape index (κ2) is 7.81. The van der Waals surface area contributed by atoms with Crippen molar-refractivity contribution in [3.05, 3.63) is 59.5 Å². The summed E-state index contributed by atoms with van der Waals surface area (Å²) >= 11 is 1.48. The third-order valence-corrected chi connectivity index (χ3v) is 4.68. The zero-order valence-electron chi connectivity index (χ0n) is 13.7. The SMILES string of the molecule is COc1ccc(-c2nc(Nc3ccccc3)sc2CCC(=O)O)cc1. The summed E-state index contributed by atoms with van der Waals surface area (Å²) in [6.07, 6.45) is 0.529. The van der Waals surface area contributed by atoms with Crippen LogP contribution in [0.2, 0.25) is 0 Å². The Morgan fingerprint density at radius 1 is 1.16 bits per heavy atom. The van der Waals surface area contributed by atoms with Gasteiger partial charge in [-0.05, 0) is 42.8 Å². The summed E-state index contributed by atoms with van der Waals surface area (Å²) in [5.74, 6) is -0.0413. The van der Waals surface area contributed by atoms with Crippen LogP contribution in [0.1, 0.15) is 11.3 Å². The molecule has 128 valence electrons. The van der Waals surface area contributed by atoms with Gasteiger partial charge in [-0.2, -0.15) is 0 Å². The Hall–Kier alpha value is -2.86. The van der Waals surface area contributed by atoms with Crippen molar-refractivity contribution in [2.45, 2.75) is 12.8 Å². The number of carboxylic acids is 1. The second-order valence-corrected chi connectivity index (χ2v) is 6.49. The fourth-order valence-corrected chi connectivity index (χ4v) is 3.42. The van der Waals surface area contributed by atoms with E-state index in [0.717, 1.165) is 32.7 Å². The number of thiazole rings is 1. The summed E-state index contributed by atoms with van der Waals surface area (Å²) in [6, 6.07) is 17.4. The Balaban J connectivity index is 1.91. The number of hydrogen-bond acceptors (Lipinski definition) is 5. The summed E-state index contributed by atoms with van der Waals surface area (Å²) in [4.78, 5) is 16.6. The minimum atomic E-state index is -0.813. The Morgan fingerprint density at radius 2 is 1.88 bits per heavy atom. The first-order valence-electron chi connectivity index (χ1n) is 7.83. The van der Waals surface area contributed by atoms with E-state index >= 15 is 0 Å². The molecule has 0 bridgehead atoms. The van der Waals surface area contributed by atoms with Crippen LogP contribution in [0.15, 0.2) is 54.6 Å². The van der Waals surface area contributed by atoms with Crippen LogP contribution < -0.4 is 10.1 Å². The normalized spacial score (nSPS) is 10.4. The molecule has 2 N–H and O–H groups in total. The van der Waals surface area contributed by atoms with E-state index in [1.165, 1.54) is 11.3 Å². The van der Waals surface area contributed by atoms with Crippen molar-refractivity contribution in [2.24, 2.45) is 0 Å². The molecule has 5 nitrogen and oxygen atoms in total. The lowest BCUT2D eigenvalue weighted by Crippen LogP contribution is -1.97. The van der Waals surface area contributed by atoms with Crippen molar-refractivity contribution in [1.29, 1.82) is 0 Å². The average Bonchev–Trinajstić information content (AvgIpc) is 3.03. The molecule has 3 aromatic rings. The maximum Gasteiger partial charge on any atom is 0.303 e. The molecule has 0 amide bonds. The quantitative estimate of drug-likeness (QED) is 0.650. The number of aryl methyl sites for hydroxylation is 1. The van der Waals surface area contributed by atoms with E-state index in [0.29, 0.717) is 6.42 Å². The van der Waals surface area contributed by atoms with Crippen molar-refractivity contribution >= 4 is 28.1 Å². The number of nitrogens with zero attached hydrogens (tertiary/aromatic N) is 1. The minimum absolute atomic E-state index is 0.0795. The molecule has 3 rings (SSSR count). The van der Waals surface area contributed by atoms with Crippen LogP contribution >= 0.6 is 11.3 Å². The summed E-state index contributed by atoms with van der Waals surface area (Å²) in [7, 11) is 1.62. The number of nitrogens with one attached hydrogen (secondary N) is 1. The summed E-state index contributed by atoms with van der Waals surface area (Å²) in [5.41, 5.74) is 2.70. The van der Waals surface area contributed by atoms with Crippen LogP contribution in [0.5, 0.6) is 5.75 Å². The first kappa shape index (κ1) is 17.0. The van der Waals surface area contributed by atoms with Crippen molar-refractivity contribution < 1.29 is 14.6 Å². The van der Waals surface area contributed by atoms with Gasteiger partial charge in [0.2, 0.25) is 0 Å². The molecule has 1 aromatic heterocycles. The van der Waals surface area contributed by atoms with E-state index in [9.17, 15) is 4.79 Å². The van der Waals surface area contributed by atoms with E-state index in [1.54, 1.807) is 7.11 Å². The maximum absolute atomic E-state index is 11.0. The largest absolute Gasteiger partial charge is 0.497 e. The second-order valence-electron chi connectivity index (χ2n) is 5.40. The molecule has 0 fully saturated rings. The number of carbonyl (C=O) groups is 1. The summed E-state index contributed by atoms with van der Waals surface area (Å²) < 4.78 is 5.19. The van der Waals surface area contributed by atoms with Crippen LogP contribution in [0, 0.1) is 0 Å². The number of aromatic nitrogens is 1. The van der Waals surface area contributed by atoms with Crippen LogP contribution in [-0.4, -0.2) is 23.2 Å². The number of anilines is 2. The van der Waals surface area contributed by atoms with Gasteiger partial charge < -0.3 is 15.2 Å². The van der Waals surface area contributed by atoms with Gasteiger partial charge in [-0.25, -0.2) is 4.98 Å². The molecule has 0 aliphatic carbocycles. The van der Waals surface area contributed by atoms with Crippen molar-refractivity contribution in [3.8, 4) is 17.0 Å². The monoisotopic (exact) mass is 354 g/mol. The molecule has 0 saturated heterocycles. The highest BCUT2D eigenvalue weighted by Crippen LogP contribution is 2.34. The third-order valence-electron chi connectivity index (χ3n) is 3.65. The molecule has 0 aliphatic heterocycles. The lowest BCUT2D eigenvalue weighted by Gasteiger charge is -2.03. The van der Waals surface area contributed by atoms with Gasteiger partial charge in [0.25, 0.3) is 0 Å². The first-order valence-corrected chi connectivity index (χ1v) is 8.65. The van der Waals surface area contributed by atoms with E-state index in [-0.39, 0.29) is 6.42 Å². The molecule has 0 unspecified atom stereocenters. The Morgan fingerprint density at radius 3 is 2.52 bits per heavy atom. The highest BCUT2D eigenvalue weighted by molar-refractivity contribution is 7.16. The number of hydrogen-bond donors (Lipinski definition) is 2. The number of rotatable bonds is 7. The summed E-state index contributed by atoms with van der Waals surface area (Å²) in [6.45, 7) is 0. The predicted octanol–water partition coefficient (Wildman–Crippen LogP) is 4.58. The number of methoxy groups -OCH3 is 1. The average molecular weight is 354 g/mol. The molecule has 0 radical (unpaired) electrons. The Bertz CT molecular complexity index is 845. The minimum Gasteiger partial charge on any atom is -0.497 e. The van der Waals surface area contributed by atoms with Crippen LogP contribution in [0.25, 0.3) is 11.3 Å². The maximum atomic E-state index is 11.0. The van der Waals surface area contributed by atoms with Gasteiger partial charge in [-0.1, -0.05) is 18.2 Å². The lowest BCUT2D eigenvalue weighted by molar-refractivity contribution is -0.136. The summed E-state index contributed by atoms with van der Waals surface area (Å²) in [5, 5.41) is 13.0. The highest BCUT2D eigenvalue weighted by Gasteiger charge is 2.15. The smallest absolute Gasteiger partial charge is 0.303 e. The van der Waals surface area contributed by atoms with E-state index in [2.05, 4.69) is 10.3 Å². The zero-order valence-corrected chi connectivity index (χ0v) is 14.5. The molecule has 0 spiro atoms. The number of para-hydroxylation sites is 1. The molecule has 0 saturated carbocycles. The molecule has 6 heteroatoms. The van der Waals surface area contributed by atoms with Crippen molar-refractivity contribution in [1.82, 2.24) is 4.98 Å². The van der Waals surface area contributed by atoms with Gasteiger partial charge in [0, 0.05) is 16.1 Å². The topological polar surface area (TPSA) is 71.5 Å². The standard InChI is InChI=1S/C19H18N2O3S/c1-24-15-9-7-13(8-10-15)18-16(11-12-17(22)23)25-19(21-18)20-14-5-3-2-4-6-14/h2-10H,11-12H2,1H3,(H,20,21)(H,22,23). The lowest BCUT2D eigenvalue weighted by atomic mass is 10.1. The predicted molar refractivity (Wildman–Crippen MR) is 99.8 cm³/mol. The fourth-order valence-electron chi connectivity index (χ4n) is 2.41. The molecule has 1 heterocycles. The number of aliphatic carboxylic acids is 1. The van der Waals surface area contributed by atoms with Crippen molar-refractivity contribution in [2.75, 3.05) is 12.4 Å². The molecule has 25 heavy (non-hydrogen) atoms. The van der Waals surface area contributed by atoms with Crippen LogP contribution in [-0.2, 0) is 11.2 Å². The van der Waals surface area contributed by atoms with Gasteiger partial charge in [-0.15, -0.1) is 11.3 Å². The highest BCUT2D eigenvalue weighted by atomic mass is 32.1. The Kier molecular flexibility index (Phi) is 5.30. The molecule has 2 aromatic carbocycles. The number of benzene rings is 2. The van der Waals surface area contributed by atoms with Gasteiger partial charge in [0.1, 0.15) is 5.75 Å². The number of carboxylic acid groups (broad SMARTS) is 1. The first-order chi connectivity index (χ1) is 12.2. The van der Waals surface area contributed by atoms with Crippen LogP contribution in [0.3, 0.4) is 0 Å². The van der Waals surface area contributed by atoms with E-state index < -0.39 is 5.97 Å². The Labute approximate surface area is 149 Å². The molecular formula is C19H18N2O3S. The molecule has 0 atom stereocenters. The number of ether oxygens (including phenoxy) is 1. The third kappa shape index (κ3) is 4.36. The fraction of sp³-hybridized carbons (Fsp3) is 0.158. The van der Waals surface area contributed by atoms with Crippen LogP contribution in [0.4, 0.5) is 10.8 Å².